The average molecular weight is 512 g/mol. The summed E-state index contributed by atoms with van der Waals surface area (Å²) in [6, 6.07) is 12.4. The maximum Gasteiger partial charge on any atom is 0.435 e. The van der Waals surface area contributed by atoms with E-state index in [1.807, 2.05) is 25.1 Å². The second-order valence-electron chi connectivity index (χ2n) is 9.12. The fourth-order valence-electron chi connectivity index (χ4n) is 4.47. The van der Waals surface area contributed by atoms with Crippen LogP contribution in [0.15, 0.2) is 48.5 Å². The molecule has 2 amide bonds. The minimum atomic E-state index is -4.64. The first-order valence-electron chi connectivity index (χ1n) is 11.7. The molecule has 2 aliphatic rings. The number of carbonyl (C=O) groups excluding carboxylic acids is 2. The maximum absolute atomic E-state index is 12.7. The van der Waals surface area contributed by atoms with Gasteiger partial charge in [-0.25, -0.2) is 0 Å². The highest BCUT2D eigenvalue weighted by Gasteiger charge is 2.40. The lowest BCUT2D eigenvalue weighted by Gasteiger charge is -2.35. The topological polar surface area (TPSA) is 102 Å². The third-order valence-corrected chi connectivity index (χ3v) is 6.46. The molecule has 0 atom stereocenters. The zero-order valence-electron chi connectivity index (χ0n) is 19.8. The van der Waals surface area contributed by atoms with Gasteiger partial charge in [0.05, 0.1) is 25.3 Å². The monoisotopic (exact) mass is 512 g/mol. The predicted molar refractivity (Wildman–Crippen MR) is 128 cm³/mol. The SMILES string of the molecule is Cc1ccc(NC(=O)c2ccc(C(F)(F)F)nn2)cc1-c1ccc2c(c1)OC1(CCOCC1)CC(=O)N2. The van der Waals surface area contributed by atoms with Crippen molar-refractivity contribution >= 4 is 23.2 Å². The van der Waals surface area contributed by atoms with Crippen LogP contribution in [0.1, 0.15) is 41.0 Å². The second kappa shape index (κ2) is 9.47. The molecule has 0 aliphatic carbocycles. The van der Waals surface area contributed by atoms with E-state index in [-0.39, 0.29) is 18.0 Å². The zero-order valence-corrected chi connectivity index (χ0v) is 19.8. The highest BCUT2D eigenvalue weighted by atomic mass is 19.4. The number of fused-ring (bicyclic) bond motifs is 1. The number of carbonyl (C=O) groups is 2. The molecular weight excluding hydrogens is 489 g/mol. The quantitative estimate of drug-likeness (QED) is 0.513. The summed E-state index contributed by atoms with van der Waals surface area (Å²) in [7, 11) is 0. The number of aryl methyl sites for hydroxylation is 1. The normalized spacial score (nSPS) is 16.8. The lowest BCUT2D eigenvalue weighted by atomic mass is 9.90. The van der Waals surface area contributed by atoms with Gasteiger partial charge >= 0.3 is 6.18 Å². The van der Waals surface area contributed by atoms with Crippen molar-refractivity contribution in [2.45, 2.75) is 38.0 Å². The van der Waals surface area contributed by atoms with Crippen LogP contribution in [0.3, 0.4) is 0 Å². The minimum absolute atomic E-state index is 0.111. The standard InChI is InChI=1S/C26H23F3N4O4/c1-15-2-4-17(30-24(35)20-6-7-22(33-32-20)26(27,28)29)13-18(15)16-3-5-19-21(12-16)37-25(14-23(34)31-19)8-10-36-11-9-25/h2-7,12-13H,8-11,14H2,1H3,(H,30,35)(H,31,34). The number of benzene rings is 2. The Labute approximate surface area is 210 Å². The largest absolute Gasteiger partial charge is 0.484 e. The molecule has 1 fully saturated rings. The molecule has 8 nitrogen and oxygen atoms in total. The van der Waals surface area contributed by atoms with Gasteiger partial charge in [0.1, 0.15) is 11.4 Å². The van der Waals surface area contributed by atoms with Gasteiger partial charge in [0, 0.05) is 18.5 Å². The number of aromatic nitrogens is 2. The first-order chi connectivity index (χ1) is 17.6. The van der Waals surface area contributed by atoms with Crippen molar-refractivity contribution in [2.24, 2.45) is 0 Å². The summed E-state index contributed by atoms with van der Waals surface area (Å²) >= 11 is 0. The molecule has 192 valence electrons. The Balaban J connectivity index is 1.40. The summed E-state index contributed by atoms with van der Waals surface area (Å²) in [5, 5.41) is 12.1. The number of hydrogen-bond donors (Lipinski definition) is 2. The van der Waals surface area contributed by atoms with E-state index in [1.54, 1.807) is 18.2 Å². The number of nitrogens with zero attached hydrogens (tertiary/aromatic N) is 2. The van der Waals surface area contributed by atoms with Crippen LogP contribution in [-0.4, -0.2) is 40.8 Å². The summed E-state index contributed by atoms with van der Waals surface area (Å²) in [5.74, 6) is -0.245. The van der Waals surface area contributed by atoms with E-state index < -0.39 is 23.4 Å². The molecule has 11 heteroatoms. The predicted octanol–water partition coefficient (Wildman–Crippen LogP) is 4.99. The van der Waals surface area contributed by atoms with Crippen LogP contribution in [0, 0.1) is 6.92 Å². The lowest BCUT2D eigenvalue weighted by molar-refractivity contribution is -0.141. The first-order valence-corrected chi connectivity index (χ1v) is 11.7. The van der Waals surface area contributed by atoms with E-state index in [0.717, 1.165) is 22.8 Å². The Bertz CT molecular complexity index is 1350. The fraction of sp³-hybridized carbons (Fsp3) is 0.308. The highest BCUT2D eigenvalue weighted by Crippen LogP contribution is 2.41. The van der Waals surface area contributed by atoms with Crippen molar-refractivity contribution in [2.75, 3.05) is 23.8 Å². The molecule has 0 saturated carbocycles. The summed E-state index contributed by atoms with van der Waals surface area (Å²) < 4.78 is 50.1. The Morgan fingerprint density at radius 1 is 1.05 bits per heavy atom. The molecule has 1 saturated heterocycles. The van der Waals surface area contributed by atoms with Gasteiger partial charge in [0.15, 0.2) is 11.4 Å². The molecule has 5 rings (SSSR count). The van der Waals surface area contributed by atoms with Gasteiger partial charge in [-0.05, 0) is 60.0 Å². The number of nitrogens with one attached hydrogen (secondary N) is 2. The van der Waals surface area contributed by atoms with E-state index in [1.165, 1.54) is 0 Å². The third-order valence-electron chi connectivity index (χ3n) is 6.46. The van der Waals surface area contributed by atoms with Crippen molar-refractivity contribution in [3.8, 4) is 16.9 Å². The first kappa shape index (κ1) is 24.7. The Hall–Kier alpha value is -3.99. The van der Waals surface area contributed by atoms with Crippen LogP contribution in [0.5, 0.6) is 5.75 Å². The van der Waals surface area contributed by atoms with Crippen LogP contribution in [0.2, 0.25) is 0 Å². The molecule has 2 aliphatic heterocycles. The summed E-state index contributed by atoms with van der Waals surface area (Å²) in [6.45, 7) is 2.95. The van der Waals surface area contributed by atoms with Gasteiger partial charge in [-0.3, -0.25) is 9.59 Å². The number of hydrogen-bond acceptors (Lipinski definition) is 6. The van der Waals surface area contributed by atoms with Crippen LogP contribution < -0.4 is 15.4 Å². The van der Waals surface area contributed by atoms with Crippen molar-refractivity contribution in [3.05, 3.63) is 65.5 Å². The smallest absolute Gasteiger partial charge is 0.435 e. The van der Waals surface area contributed by atoms with Crippen LogP contribution in [0.4, 0.5) is 24.5 Å². The molecule has 37 heavy (non-hydrogen) atoms. The van der Waals surface area contributed by atoms with Crippen LogP contribution in [-0.2, 0) is 15.7 Å². The Kier molecular flexibility index (Phi) is 6.32. The maximum atomic E-state index is 12.7. The highest BCUT2D eigenvalue weighted by molar-refractivity contribution is 6.03. The van der Waals surface area contributed by atoms with E-state index in [4.69, 9.17) is 9.47 Å². The van der Waals surface area contributed by atoms with E-state index >= 15 is 0 Å². The average Bonchev–Trinajstić information content (AvgIpc) is 2.99. The molecule has 2 N–H and O–H groups in total. The molecule has 0 radical (unpaired) electrons. The van der Waals surface area contributed by atoms with Crippen LogP contribution >= 0.6 is 0 Å². The molecule has 2 aromatic carbocycles. The molecule has 0 bridgehead atoms. The van der Waals surface area contributed by atoms with Gasteiger partial charge in [-0.2, -0.15) is 13.2 Å². The number of rotatable bonds is 3. The molecule has 3 heterocycles. The molecule has 0 unspecified atom stereocenters. The number of ether oxygens (including phenoxy) is 2. The Morgan fingerprint density at radius 3 is 2.54 bits per heavy atom. The van der Waals surface area contributed by atoms with E-state index in [2.05, 4.69) is 20.8 Å². The van der Waals surface area contributed by atoms with E-state index in [0.29, 0.717) is 49.2 Å². The summed E-state index contributed by atoms with van der Waals surface area (Å²) in [6.07, 6.45) is -3.18. The van der Waals surface area contributed by atoms with Gasteiger partial charge in [-0.15, -0.1) is 10.2 Å². The molecule has 1 spiro atoms. The fourth-order valence-corrected chi connectivity index (χ4v) is 4.47. The number of halogens is 3. The number of anilines is 2. The van der Waals surface area contributed by atoms with Gasteiger partial charge in [0.2, 0.25) is 5.91 Å². The minimum Gasteiger partial charge on any atom is -0.484 e. The Morgan fingerprint density at radius 2 is 1.84 bits per heavy atom. The molecular formula is C26H23F3N4O4. The number of amides is 2. The molecule has 3 aromatic rings. The van der Waals surface area contributed by atoms with Crippen molar-refractivity contribution in [1.82, 2.24) is 10.2 Å². The third kappa shape index (κ3) is 5.26. The van der Waals surface area contributed by atoms with E-state index in [9.17, 15) is 22.8 Å². The van der Waals surface area contributed by atoms with Crippen molar-refractivity contribution in [1.29, 1.82) is 0 Å². The van der Waals surface area contributed by atoms with Gasteiger partial charge in [0.25, 0.3) is 5.91 Å². The number of alkyl halides is 3. The summed E-state index contributed by atoms with van der Waals surface area (Å²) in [5.41, 5.74) is 1.50. The second-order valence-corrected chi connectivity index (χ2v) is 9.12. The van der Waals surface area contributed by atoms with Crippen LogP contribution in [0.25, 0.3) is 11.1 Å². The zero-order chi connectivity index (χ0) is 26.2. The lowest BCUT2D eigenvalue weighted by Crippen LogP contribution is -2.43. The van der Waals surface area contributed by atoms with Crippen molar-refractivity contribution < 1.29 is 32.2 Å². The molecule has 1 aromatic heterocycles. The summed E-state index contributed by atoms with van der Waals surface area (Å²) in [4.78, 5) is 25.1. The van der Waals surface area contributed by atoms with Crippen molar-refractivity contribution in [3.63, 3.8) is 0 Å². The van der Waals surface area contributed by atoms with Gasteiger partial charge < -0.3 is 20.1 Å². The van der Waals surface area contributed by atoms with Gasteiger partial charge in [-0.1, -0.05) is 12.1 Å².